The largest absolute Gasteiger partial charge is 0.278 e. The van der Waals surface area contributed by atoms with Crippen molar-refractivity contribution in [2.75, 3.05) is 0 Å². The summed E-state index contributed by atoms with van der Waals surface area (Å²) >= 11 is 0. The molecule has 8 aromatic carbocycles. The number of hydrogen-bond acceptors (Lipinski definition) is 6. The zero-order valence-electron chi connectivity index (χ0n) is 38.1. The number of fused-ring (bicyclic) bond motifs is 10. The Morgan fingerprint density at radius 1 is 0.294 bits per heavy atom. The van der Waals surface area contributed by atoms with Gasteiger partial charge in [0.15, 0.2) is 23.3 Å². The summed E-state index contributed by atoms with van der Waals surface area (Å²) in [6.45, 7) is 9.57. The quantitative estimate of drug-likeness (QED) is 0.165. The molecule has 1 aliphatic carbocycles. The average molecular weight is 877 g/mol. The third-order valence-corrected chi connectivity index (χ3v) is 14.0. The van der Waals surface area contributed by atoms with E-state index in [-0.39, 0.29) is 0 Å². The molecule has 0 amide bonds. The molecule has 0 unspecified atom stereocenters. The minimum atomic E-state index is -0.427. The maximum atomic E-state index is 5.24. The van der Waals surface area contributed by atoms with Gasteiger partial charge in [0.1, 0.15) is 0 Å². The Hall–Kier alpha value is -8.62. The first-order valence-electron chi connectivity index (χ1n) is 23.1. The van der Waals surface area contributed by atoms with E-state index < -0.39 is 10.8 Å². The van der Waals surface area contributed by atoms with Crippen LogP contribution in [-0.4, -0.2) is 39.0 Å². The van der Waals surface area contributed by atoms with Crippen molar-refractivity contribution in [1.82, 2.24) is 39.0 Å². The van der Waals surface area contributed by atoms with Crippen molar-refractivity contribution in [2.24, 2.45) is 0 Å². The fraction of sp³-hybridized carbons (Fsp3) is 0.100. The maximum absolute atomic E-state index is 5.24. The van der Waals surface area contributed by atoms with Crippen LogP contribution in [0.3, 0.4) is 0 Å². The fourth-order valence-corrected chi connectivity index (χ4v) is 11.0. The van der Waals surface area contributed by atoms with Crippen LogP contribution >= 0.6 is 0 Å². The number of hydrogen-bond donors (Lipinski definition) is 0. The second-order valence-electron chi connectivity index (χ2n) is 18.7. The highest BCUT2D eigenvalue weighted by atomic mass is 15.2. The molecule has 12 aromatic rings. The smallest absolute Gasteiger partial charge is 0.238 e. The Labute approximate surface area is 393 Å². The molecule has 0 bridgehead atoms. The van der Waals surface area contributed by atoms with Crippen molar-refractivity contribution in [3.63, 3.8) is 0 Å². The third-order valence-electron chi connectivity index (χ3n) is 14.0. The summed E-state index contributed by atoms with van der Waals surface area (Å²) in [6.07, 6.45) is 0. The molecule has 0 aliphatic heterocycles. The lowest BCUT2D eigenvalue weighted by Gasteiger charge is -2.44. The number of benzene rings is 8. The minimum absolute atomic E-state index is 0.427. The van der Waals surface area contributed by atoms with Gasteiger partial charge in [-0.15, -0.1) is 0 Å². The predicted molar refractivity (Wildman–Crippen MR) is 274 cm³/mol. The monoisotopic (exact) mass is 876 g/mol. The van der Waals surface area contributed by atoms with Gasteiger partial charge in [-0.25, -0.2) is 9.97 Å². The first kappa shape index (κ1) is 39.7. The van der Waals surface area contributed by atoms with Crippen molar-refractivity contribution in [3.05, 3.63) is 216 Å². The van der Waals surface area contributed by atoms with Crippen LogP contribution in [-0.2, 0) is 10.8 Å². The second kappa shape index (κ2) is 15.0. The van der Waals surface area contributed by atoms with Gasteiger partial charge in [0.25, 0.3) is 0 Å². The van der Waals surface area contributed by atoms with Gasteiger partial charge in [-0.3, -0.25) is 9.13 Å². The normalized spacial score (nSPS) is 13.8. The molecule has 0 atom stereocenters. The number of rotatable bonds is 6. The van der Waals surface area contributed by atoms with Gasteiger partial charge in [0.2, 0.25) is 11.9 Å². The zero-order chi connectivity index (χ0) is 45.7. The zero-order valence-corrected chi connectivity index (χ0v) is 38.1. The lowest BCUT2D eigenvalue weighted by atomic mass is 9.58. The summed E-state index contributed by atoms with van der Waals surface area (Å²) in [5, 5.41) is 4.73. The standard InChI is InChI=1S/C60H44N8/c1-59(2)43-33-35-48-50(42-30-18-20-32-46(42)68(48)58-65-55(39-25-13-7-14-26-39)62-56(66-58)40-27-15-8-16-28-40)52(43)60(3,4)44-34-36-47-49(51(44)59)41-29-17-19-31-45(41)67(47)57-63-53(37-21-9-5-10-22-37)61-54(64-57)38-23-11-6-12-24-38/h5-36H,1-4H3. The summed E-state index contributed by atoms with van der Waals surface area (Å²) in [6, 6.07) is 67.4. The van der Waals surface area contributed by atoms with Gasteiger partial charge in [-0.2, -0.15) is 19.9 Å². The Balaban J connectivity index is 1.06. The molecule has 324 valence electrons. The predicted octanol–water partition coefficient (Wildman–Crippen LogP) is 13.9. The summed E-state index contributed by atoms with van der Waals surface area (Å²) < 4.78 is 4.48. The lowest BCUT2D eigenvalue weighted by molar-refractivity contribution is 0.529. The fourth-order valence-electron chi connectivity index (χ4n) is 11.0. The minimum Gasteiger partial charge on any atom is -0.278 e. The Morgan fingerprint density at radius 2 is 0.588 bits per heavy atom. The van der Waals surface area contributed by atoms with E-state index >= 15 is 0 Å². The molecule has 4 aromatic heterocycles. The summed E-state index contributed by atoms with van der Waals surface area (Å²) in [5.41, 5.74) is 12.3. The van der Waals surface area contributed by atoms with E-state index in [0.717, 1.165) is 55.1 Å². The van der Waals surface area contributed by atoms with Gasteiger partial charge in [0, 0.05) is 54.6 Å². The molecular formula is C60H44N8. The molecule has 0 radical (unpaired) electrons. The molecule has 0 saturated carbocycles. The molecule has 0 saturated heterocycles. The van der Waals surface area contributed by atoms with Crippen LogP contribution in [0.1, 0.15) is 49.9 Å². The van der Waals surface area contributed by atoms with Crippen LogP contribution in [0.25, 0.3) is 101 Å². The van der Waals surface area contributed by atoms with Crippen molar-refractivity contribution in [2.45, 2.75) is 38.5 Å². The molecule has 8 heteroatoms. The molecule has 13 rings (SSSR count). The highest BCUT2D eigenvalue weighted by molar-refractivity contribution is 6.14. The first-order chi connectivity index (χ1) is 33.3. The molecule has 0 fully saturated rings. The molecule has 0 N–H and O–H groups in total. The van der Waals surface area contributed by atoms with Gasteiger partial charge in [-0.1, -0.05) is 198 Å². The molecule has 68 heavy (non-hydrogen) atoms. The van der Waals surface area contributed by atoms with Gasteiger partial charge in [-0.05, 0) is 46.5 Å². The van der Waals surface area contributed by atoms with Gasteiger partial charge >= 0.3 is 0 Å². The van der Waals surface area contributed by atoms with Gasteiger partial charge in [0.05, 0.1) is 22.1 Å². The lowest BCUT2D eigenvalue weighted by Crippen LogP contribution is -2.37. The Kier molecular flexibility index (Phi) is 8.73. The van der Waals surface area contributed by atoms with E-state index in [1.807, 2.05) is 72.8 Å². The van der Waals surface area contributed by atoms with Crippen LogP contribution in [0.2, 0.25) is 0 Å². The van der Waals surface area contributed by atoms with E-state index in [1.54, 1.807) is 0 Å². The van der Waals surface area contributed by atoms with Crippen LogP contribution in [0.15, 0.2) is 194 Å². The maximum Gasteiger partial charge on any atom is 0.238 e. The van der Waals surface area contributed by atoms with Crippen LogP contribution < -0.4 is 0 Å². The first-order valence-corrected chi connectivity index (χ1v) is 23.1. The van der Waals surface area contributed by atoms with E-state index in [1.165, 1.54) is 33.0 Å². The van der Waals surface area contributed by atoms with Crippen LogP contribution in [0, 0.1) is 0 Å². The van der Waals surface area contributed by atoms with Crippen LogP contribution in [0.4, 0.5) is 0 Å². The topological polar surface area (TPSA) is 87.2 Å². The molecule has 8 nitrogen and oxygen atoms in total. The number of nitrogens with zero attached hydrogens (tertiary/aromatic N) is 8. The van der Waals surface area contributed by atoms with Crippen molar-refractivity contribution < 1.29 is 0 Å². The average Bonchev–Trinajstić information content (AvgIpc) is 3.92. The third kappa shape index (κ3) is 5.93. The summed E-state index contributed by atoms with van der Waals surface area (Å²) in [4.78, 5) is 31.1. The van der Waals surface area contributed by atoms with E-state index in [0.29, 0.717) is 35.2 Å². The Morgan fingerprint density at radius 3 is 0.912 bits per heavy atom. The summed E-state index contributed by atoms with van der Waals surface area (Å²) in [5.74, 6) is 3.67. The van der Waals surface area contributed by atoms with E-state index in [9.17, 15) is 0 Å². The van der Waals surface area contributed by atoms with Crippen molar-refractivity contribution >= 4 is 43.6 Å². The second-order valence-corrected chi connectivity index (χ2v) is 18.7. The van der Waals surface area contributed by atoms with E-state index in [4.69, 9.17) is 29.9 Å². The molecule has 0 spiro atoms. The van der Waals surface area contributed by atoms with E-state index in [2.05, 4.69) is 158 Å². The molecule has 1 aliphatic rings. The summed E-state index contributed by atoms with van der Waals surface area (Å²) in [7, 11) is 0. The SMILES string of the molecule is CC1(C)c2ccc3c(c2C(C)(C)c2ccc4c(c21)c1ccccc1n4-c1nc(-c2ccccc2)nc(-c2ccccc2)n1)c1ccccc1n3-c1nc(-c2ccccc2)nc(-c2ccccc2)n1. The Bertz CT molecular complexity index is 3570. The highest BCUT2D eigenvalue weighted by Crippen LogP contribution is 2.56. The van der Waals surface area contributed by atoms with Crippen LogP contribution in [0.5, 0.6) is 0 Å². The van der Waals surface area contributed by atoms with Gasteiger partial charge < -0.3 is 0 Å². The molecule has 4 heterocycles. The number of para-hydroxylation sites is 2. The highest BCUT2D eigenvalue weighted by Gasteiger charge is 2.45. The van der Waals surface area contributed by atoms with Crippen molar-refractivity contribution in [1.29, 1.82) is 0 Å². The van der Waals surface area contributed by atoms with Crippen molar-refractivity contribution in [3.8, 4) is 57.4 Å². The molecular weight excluding hydrogens is 833 g/mol. The number of aromatic nitrogens is 8.